The fourth-order valence-electron chi connectivity index (χ4n) is 2.34. The number of amides is 1. The predicted octanol–water partition coefficient (Wildman–Crippen LogP) is 3.17. The average Bonchev–Trinajstić information content (AvgIpc) is 2.76. The molecule has 0 spiro atoms. The van der Waals surface area contributed by atoms with Gasteiger partial charge in [-0.2, -0.15) is 0 Å². The van der Waals surface area contributed by atoms with Crippen molar-refractivity contribution >= 4 is 41.3 Å². The molecule has 0 saturated carbocycles. The number of nitrogens with zero attached hydrogens (tertiary/aromatic N) is 1. The lowest BCUT2D eigenvalue weighted by Crippen LogP contribution is -2.44. The zero-order valence-corrected chi connectivity index (χ0v) is 12.5. The Balaban J connectivity index is 0.00000162. The molecular formula is C12H18Cl2N2OS. The molecule has 2 heterocycles. The number of likely N-dealkylation sites (tertiary alicyclic amines) is 1. The molecule has 1 unspecified atom stereocenters. The standard InChI is InChI=1S/C12H17ClN2OS.ClH/c13-10-5-8-17-11(10)12(16)15-7-2-1-3-9(15)4-6-14;/h5,8-9H,1-4,6-7,14H2;1H. The number of rotatable bonds is 3. The van der Waals surface area contributed by atoms with Gasteiger partial charge in [0.2, 0.25) is 0 Å². The van der Waals surface area contributed by atoms with Crippen molar-refractivity contribution in [2.24, 2.45) is 5.73 Å². The first-order chi connectivity index (χ1) is 8.24. The molecule has 1 aliphatic heterocycles. The number of hydrogen-bond acceptors (Lipinski definition) is 3. The van der Waals surface area contributed by atoms with E-state index in [-0.39, 0.29) is 18.3 Å². The molecule has 2 N–H and O–H groups in total. The summed E-state index contributed by atoms with van der Waals surface area (Å²) in [6.07, 6.45) is 4.21. The van der Waals surface area contributed by atoms with E-state index in [4.69, 9.17) is 17.3 Å². The third-order valence-corrected chi connectivity index (χ3v) is 4.53. The smallest absolute Gasteiger partial charge is 0.265 e. The summed E-state index contributed by atoms with van der Waals surface area (Å²) in [7, 11) is 0. The van der Waals surface area contributed by atoms with E-state index >= 15 is 0 Å². The maximum atomic E-state index is 12.4. The number of nitrogens with two attached hydrogens (primary N) is 1. The average molecular weight is 309 g/mol. The van der Waals surface area contributed by atoms with Gasteiger partial charge in [-0.25, -0.2) is 0 Å². The van der Waals surface area contributed by atoms with Crippen LogP contribution in [-0.2, 0) is 0 Å². The first-order valence-corrected chi connectivity index (χ1v) is 7.24. The lowest BCUT2D eigenvalue weighted by molar-refractivity contribution is 0.0610. The maximum absolute atomic E-state index is 12.4. The Kier molecular flexibility index (Phi) is 6.43. The third kappa shape index (κ3) is 3.38. The van der Waals surface area contributed by atoms with Crippen molar-refractivity contribution in [2.75, 3.05) is 13.1 Å². The van der Waals surface area contributed by atoms with E-state index in [0.29, 0.717) is 22.5 Å². The van der Waals surface area contributed by atoms with Crippen molar-refractivity contribution in [1.29, 1.82) is 0 Å². The van der Waals surface area contributed by atoms with Crippen LogP contribution in [0.5, 0.6) is 0 Å². The first kappa shape index (κ1) is 15.8. The van der Waals surface area contributed by atoms with E-state index in [1.807, 2.05) is 10.3 Å². The van der Waals surface area contributed by atoms with Crippen LogP contribution in [0.25, 0.3) is 0 Å². The van der Waals surface area contributed by atoms with Crippen LogP contribution < -0.4 is 5.73 Å². The molecule has 1 aromatic heterocycles. The van der Waals surface area contributed by atoms with Crippen molar-refractivity contribution in [3.63, 3.8) is 0 Å². The molecule has 1 fully saturated rings. The van der Waals surface area contributed by atoms with Gasteiger partial charge in [0, 0.05) is 12.6 Å². The molecule has 0 aromatic carbocycles. The van der Waals surface area contributed by atoms with Gasteiger partial charge >= 0.3 is 0 Å². The Morgan fingerprint density at radius 1 is 1.56 bits per heavy atom. The number of hydrogen-bond donors (Lipinski definition) is 1. The summed E-state index contributed by atoms with van der Waals surface area (Å²) in [6.45, 7) is 1.46. The minimum absolute atomic E-state index is 0. The van der Waals surface area contributed by atoms with Gasteiger partial charge in [-0.3, -0.25) is 4.79 Å². The molecular weight excluding hydrogens is 291 g/mol. The molecule has 0 bridgehead atoms. The molecule has 18 heavy (non-hydrogen) atoms. The Morgan fingerprint density at radius 2 is 2.33 bits per heavy atom. The number of carbonyl (C=O) groups excluding carboxylic acids is 1. The van der Waals surface area contributed by atoms with E-state index in [1.54, 1.807) is 6.07 Å². The molecule has 0 radical (unpaired) electrons. The van der Waals surface area contributed by atoms with E-state index in [1.165, 1.54) is 17.8 Å². The van der Waals surface area contributed by atoms with Crippen LogP contribution in [0.2, 0.25) is 5.02 Å². The van der Waals surface area contributed by atoms with Crippen LogP contribution in [0.4, 0.5) is 0 Å². The first-order valence-electron chi connectivity index (χ1n) is 5.98. The second-order valence-corrected chi connectivity index (χ2v) is 5.65. The van der Waals surface area contributed by atoms with Crippen LogP contribution in [0.1, 0.15) is 35.4 Å². The highest BCUT2D eigenvalue weighted by Crippen LogP contribution is 2.27. The second-order valence-electron chi connectivity index (χ2n) is 4.32. The summed E-state index contributed by atoms with van der Waals surface area (Å²) < 4.78 is 0. The fourth-order valence-corrected chi connectivity index (χ4v) is 3.43. The molecule has 6 heteroatoms. The minimum Gasteiger partial charge on any atom is -0.335 e. The van der Waals surface area contributed by atoms with E-state index in [0.717, 1.165) is 25.8 Å². The number of thiophene rings is 1. The van der Waals surface area contributed by atoms with Gasteiger partial charge in [-0.15, -0.1) is 23.7 Å². The molecule has 102 valence electrons. The minimum atomic E-state index is 0. The molecule has 1 saturated heterocycles. The molecule has 1 atom stereocenters. The monoisotopic (exact) mass is 308 g/mol. The van der Waals surface area contributed by atoms with Crippen molar-refractivity contribution in [3.8, 4) is 0 Å². The molecule has 3 nitrogen and oxygen atoms in total. The van der Waals surface area contributed by atoms with Crippen LogP contribution in [0.3, 0.4) is 0 Å². The zero-order chi connectivity index (χ0) is 12.3. The number of halogens is 2. The molecule has 0 aliphatic carbocycles. The maximum Gasteiger partial charge on any atom is 0.265 e. The number of carbonyl (C=O) groups is 1. The van der Waals surface area contributed by atoms with E-state index < -0.39 is 0 Å². The molecule has 1 aromatic rings. The van der Waals surface area contributed by atoms with Gasteiger partial charge in [-0.05, 0) is 43.7 Å². The summed E-state index contributed by atoms with van der Waals surface area (Å²) in [4.78, 5) is 15.0. The number of piperidine rings is 1. The SMILES string of the molecule is Cl.NCCC1CCCCN1C(=O)c1sccc1Cl. The van der Waals surface area contributed by atoms with Crippen molar-refractivity contribution in [1.82, 2.24) is 4.90 Å². The Morgan fingerprint density at radius 3 is 2.94 bits per heavy atom. The van der Waals surface area contributed by atoms with Gasteiger partial charge in [0.15, 0.2) is 0 Å². The van der Waals surface area contributed by atoms with Crippen LogP contribution in [0, 0.1) is 0 Å². The Labute approximate surface area is 123 Å². The van der Waals surface area contributed by atoms with Gasteiger partial charge in [0.25, 0.3) is 5.91 Å². The van der Waals surface area contributed by atoms with E-state index in [2.05, 4.69) is 0 Å². The summed E-state index contributed by atoms with van der Waals surface area (Å²) in [5.74, 6) is 0.0724. The lowest BCUT2D eigenvalue weighted by Gasteiger charge is -2.35. The summed E-state index contributed by atoms with van der Waals surface area (Å²) in [5.41, 5.74) is 5.61. The highest BCUT2D eigenvalue weighted by Gasteiger charge is 2.28. The quantitative estimate of drug-likeness (QED) is 0.932. The third-order valence-electron chi connectivity index (χ3n) is 3.20. The zero-order valence-electron chi connectivity index (χ0n) is 10.1. The van der Waals surface area contributed by atoms with Crippen molar-refractivity contribution in [3.05, 3.63) is 21.3 Å². The van der Waals surface area contributed by atoms with Crippen molar-refractivity contribution in [2.45, 2.75) is 31.7 Å². The van der Waals surface area contributed by atoms with Crippen LogP contribution >= 0.6 is 35.3 Å². The Bertz CT molecular complexity index is 395. The molecule has 1 amide bonds. The molecule has 2 rings (SSSR count). The highest BCUT2D eigenvalue weighted by molar-refractivity contribution is 7.12. The van der Waals surface area contributed by atoms with Gasteiger partial charge < -0.3 is 10.6 Å². The van der Waals surface area contributed by atoms with Gasteiger partial charge in [0.1, 0.15) is 4.88 Å². The van der Waals surface area contributed by atoms with Crippen LogP contribution in [-0.4, -0.2) is 29.9 Å². The fraction of sp³-hybridized carbons (Fsp3) is 0.583. The Hall–Kier alpha value is -0.290. The van der Waals surface area contributed by atoms with E-state index in [9.17, 15) is 4.79 Å². The van der Waals surface area contributed by atoms with Crippen LogP contribution in [0.15, 0.2) is 11.4 Å². The normalized spacial score (nSPS) is 19.4. The van der Waals surface area contributed by atoms with Gasteiger partial charge in [-0.1, -0.05) is 11.6 Å². The van der Waals surface area contributed by atoms with Gasteiger partial charge in [0.05, 0.1) is 5.02 Å². The molecule has 1 aliphatic rings. The van der Waals surface area contributed by atoms with Crippen molar-refractivity contribution < 1.29 is 4.79 Å². The lowest BCUT2D eigenvalue weighted by atomic mass is 9.99. The largest absolute Gasteiger partial charge is 0.335 e. The highest BCUT2D eigenvalue weighted by atomic mass is 35.5. The summed E-state index contributed by atoms with van der Waals surface area (Å²) in [6, 6.07) is 2.07. The summed E-state index contributed by atoms with van der Waals surface area (Å²) in [5, 5.41) is 2.43. The predicted molar refractivity (Wildman–Crippen MR) is 78.9 cm³/mol. The summed E-state index contributed by atoms with van der Waals surface area (Å²) >= 11 is 7.43. The second kappa shape index (κ2) is 7.34. The topological polar surface area (TPSA) is 46.3 Å².